The van der Waals surface area contributed by atoms with Gasteiger partial charge in [-0.2, -0.15) is 0 Å². The third-order valence-electron chi connectivity index (χ3n) is 4.78. The van der Waals surface area contributed by atoms with E-state index >= 15 is 0 Å². The van der Waals surface area contributed by atoms with Gasteiger partial charge in [-0.1, -0.05) is 0 Å². The summed E-state index contributed by atoms with van der Waals surface area (Å²) >= 11 is 0. The van der Waals surface area contributed by atoms with Gasteiger partial charge in [0, 0.05) is 31.0 Å². The van der Waals surface area contributed by atoms with Gasteiger partial charge in [-0.15, -0.1) is 5.10 Å². The summed E-state index contributed by atoms with van der Waals surface area (Å²) in [6.45, 7) is 2.35. The molecule has 0 spiro atoms. The Morgan fingerprint density at radius 2 is 2.04 bits per heavy atom. The van der Waals surface area contributed by atoms with E-state index in [-0.39, 0.29) is 12.9 Å². The van der Waals surface area contributed by atoms with Crippen molar-refractivity contribution in [2.75, 3.05) is 31.4 Å². The Bertz CT molecular complexity index is 975. The molecule has 1 aromatic carbocycles. The Morgan fingerprint density at radius 1 is 1.11 bits per heavy atom. The minimum absolute atomic E-state index is 0.166. The van der Waals surface area contributed by atoms with Crippen molar-refractivity contribution in [3.05, 3.63) is 42.4 Å². The number of ether oxygens (including phenoxy) is 3. The van der Waals surface area contributed by atoms with E-state index in [0.29, 0.717) is 13.2 Å². The van der Waals surface area contributed by atoms with Gasteiger partial charge in [0.05, 0.1) is 18.8 Å². The molecule has 1 atom stereocenters. The van der Waals surface area contributed by atoms with E-state index < -0.39 is 0 Å². The third-order valence-corrected chi connectivity index (χ3v) is 4.78. The molecule has 1 fully saturated rings. The topological polar surface area (TPSA) is 87.4 Å². The average molecular weight is 366 g/mol. The van der Waals surface area contributed by atoms with Crippen LogP contribution >= 0.6 is 0 Å². The van der Waals surface area contributed by atoms with E-state index in [1.165, 1.54) is 0 Å². The second-order valence-electron chi connectivity index (χ2n) is 6.43. The summed E-state index contributed by atoms with van der Waals surface area (Å²) in [6.07, 6.45) is 1.66. The number of rotatable bonds is 3. The van der Waals surface area contributed by atoms with Crippen LogP contribution in [0.25, 0.3) is 11.3 Å². The summed E-state index contributed by atoms with van der Waals surface area (Å²) < 4.78 is 18.4. The Kier molecular flexibility index (Phi) is 3.86. The lowest BCUT2D eigenvalue weighted by Gasteiger charge is -2.33. The number of nitrogens with zero attached hydrogens (tertiary/aromatic N) is 6. The van der Waals surface area contributed by atoms with Crippen molar-refractivity contribution in [2.24, 2.45) is 7.05 Å². The van der Waals surface area contributed by atoms with E-state index in [1.54, 1.807) is 4.68 Å². The molecule has 3 aromatic rings. The molecule has 1 unspecified atom stereocenters. The summed E-state index contributed by atoms with van der Waals surface area (Å²) in [7, 11) is 1.82. The van der Waals surface area contributed by atoms with Crippen LogP contribution in [0.5, 0.6) is 11.5 Å². The highest BCUT2D eigenvalue weighted by Crippen LogP contribution is 2.36. The number of hydrogen-bond acceptors (Lipinski definition) is 8. The molecule has 138 valence electrons. The van der Waals surface area contributed by atoms with Crippen molar-refractivity contribution >= 4 is 5.69 Å². The van der Waals surface area contributed by atoms with Gasteiger partial charge in [0.15, 0.2) is 17.3 Å². The minimum Gasteiger partial charge on any atom is -0.454 e. The Morgan fingerprint density at radius 3 is 2.93 bits per heavy atom. The molecule has 9 nitrogen and oxygen atoms in total. The van der Waals surface area contributed by atoms with Crippen LogP contribution in [-0.4, -0.2) is 51.7 Å². The van der Waals surface area contributed by atoms with Crippen LogP contribution in [0.3, 0.4) is 0 Å². The Hall–Kier alpha value is -3.20. The van der Waals surface area contributed by atoms with Crippen LogP contribution in [0.4, 0.5) is 5.69 Å². The first-order chi connectivity index (χ1) is 13.3. The van der Waals surface area contributed by atoms with Crippen LogP contribution in [-0.2, 0) is 11.8 Å². The number of fused-ring (bicyclic) bond motifs is 1. The number of aryl methyl sites for hydroxylation is 1. The molecule has 0 amide bonds. The summed E-state index contributed by atoms with van der Waals surface area (Å²) in [6, 6.07) is 9.95. The van der Waals surface area contributed by atoms with Crippen LogP contribution in [0.1, 0.15) is 11.9 Å². The van der Waals surface area contributed by atoms with E-state index in [1.807, 2.05) is 37.5 Å². The number of anilines is 1. The number of benzene rings is 1. The fourth-order valence-corrected chi connectivity index (χ4v) is 3.38. The van der Waals surface area contributed by atoms with Gasteiger partial charge in [-0.05, 0) is 40.8 Å². The number of hydrogen-bond donors (Lipinski definition) is 0. The van der Waals surface area contributed by atoms with Crippen LogP contribution in [0, 0.1) is 0 Å². The maximum atomic E-state index is 5.87. The zero-order chi connectivity index (χ0) is 18.2. The second kappa shape index (κ2) is 6.51. The van der Waals surface area contributed by atoms with E-state index in [4.69, 9.17) is 14.2 Å². The molecule has 1 saturated heterocycles. The molecule has 5 rings (SSSR count). The molecule has 4 heterocycles. The van der Waals surface area contributed by atoms with Crippen LogP contribution < -0.4 is 14.4 Å². The first kappa shape index (κ1) is 16.0. The first-order valence-corrected chi connectivity index (χ1v) is 8.73. The van der Waals surface area contributed by atoms with Gasteiger partial charge < -0.3 is 19.1 Å². The van der Waals surface area contributed by atoms with Crippen molar-refractivity contribution in [1.29, 1.82) is 0 Å². The highest BCUT2D eigenvalue weighted by Gasteiger charge is 2.26. The lowest BCUT2D eigenvalue weighted by atomic mass is 10.1. The SMILES string of the molecule is Cn1nnnc1C1CN(c2ccnc(-c3ccc4c(c3)OCO4)c2)CCO1. The third kappa shape index (κ3) is 2.95. The molecular formula is C18H18N6O3. The predicted molar refractivity (Wildman–Crippen MR) is 95.5 cm³/mol. The van der Waals surface area contributed by atoms with Crippen molar-refractivity contribution in [3.63, 3.8) is 0 Å². The van der Waals surface area contributed by atoms with Gasteiger partial charge in [0.2, 0.25) is 6.79 Å². The van der Waals surface area contributed by atoms with E-state index in [0.717, 1.165) is 40.8 Å². The predicted octanol–water partition coefficient (Wildman–Crippen LogP) is 1.58. The molecule has 0 radical (unpaired) electrons. The zero-order valence-electron chi connectivity index (χ0n) is 14.8. The molecular weight excluding hydrogens is 348 g/mol. The number of tetrazole rings is 1. The lowest BCUT2D eigenvalue weighted by molar-refractivity contribution is 0.0316. The lowest BCUT2D eigenvalue weighted by Crippen LogP contribution is -2.39. The van der Waals surface area contributed by atoms with Crippen LogP contribution in [0.15, 0.2) is 36.5 Å². The minimum atomic E-state index is -0.166. The van der Waals surface area contributed by atoms with Crippen molar-refractivity contribution in [2.45, 2.75) is 6.10 Å². The fraction of sp³-hybridized carbons (Fsp3) is 0.333. The summed E-state index contributed by atoms with van der Waals surface area (Å²) in [5.41, 5.74) is 2.96. The van der Waals surface area contributed by atoms with Crippen molar-refractivity contribution < 1.29 is 14.2 Å². The highest BCUT2D eigenvalue weighted by atomic mass is 16.7. The van der Waals surface area contributed by atoms with Gasteiger partial charge in [0.25, 0.3) is 0 Å². The maximum absolute atomic E-state index is 5.87. The largest absolute Gasteiger partial charge is 0.454 e. The summed E-state index contributed by atoms with van der Waals surface area (Å²) in [5, 5.41) is 11.7. The van der Waals surface area contributed by atoms with Crippen LogP contribution in [0.2, 0.25) is 0 Å². The molecule has 0 aliphatic carbocycles. The second-order valence-corrected chi connectivity index (χ2v) is 6.43. The number of pyridine rings is 1. The highest BCUT2D eigenvalue weighted by molar-refractivity contribution is 5.68. The molecule has 0 saturated carbocycles. The van der Waals surface area contributed by atoms with Crippen molar-refractivity contribution in [3.8, 4) is 22.8 Å². The molecule has 2 aromatic heterocycles. The Labute approximate surface area is 155 Å². The molecule has 0 bridgehead atoms. The Balaban J connectivity index is 1.41. The molecule has 9 heteroatoms. The summed E-state index contributed by atoms with van der Waals surface area (Å²) in [4.78, 5) is 6.79. The van der Waals surface area contributed by atoms with Gasteiger partial charge in [0.1, 0.15) is 6.10 Å². The maximum Gasteiger partial charge on any atom is 0.231 e. The summed E-state index contributed by atoms with van der Waals surface area (Å²) in [5.74, 6) is 2.24. The smallest absolute Gasteiger partial charge is 0.231 e. The number of morpholine rings is 1. The quantitative estimate of drug-likeness (QED) is 0.690. The molecule has 2 aliphatic heterocycles. The van der Waals surface area contributed by atoms with Crippen molar-refractivity contribution in [1.82, 2.24) is 25.2 Å². The first-order valence-electron chi connectivity index (χ1n) is 8.73. The van der Waals surface area contributed by atoms with Gasteiger partial charge in [-0.25, -0.2) is 4.68 Å². The van der Waals surface area contributed by atoms with Gasteiger partial charge in [-0.3, -0.25) is 4.98 Å². The molecule has 0 N–H and O–H groups in total. The fourth-order valence-electron chi connectivity index (χ4n) is 3.38. The molecule has 27 heavy (non-hydrogen) atoms. The van der Waals surface area contributed by atoms with E-state index in [9.17, 15) is 0 Å². The average Bonchev–Trinajstić information content (AvgIpc) is 3.36. The standard InChI is InChI=1S/C18H18N6O3/c1-23-18(20-21-22-23)17-10-24(6-7-25-17)13-4-5-19-14(9-13)12-2-3-15-16(8-12)27-11-26-15/h2-5,8-9,17H,6-7,10-11H2,1H3. The number of aromatic nitrogens is 5. The van der Waals surface area contributed by atoms with Gasteiger partial charge >= 0.3 is 0 Å². The van der Waals surface area contributed by atoms with E-state index in [2.05, 4.69) is 31.5 Å². The normalized spacial score (nSPS) is 18.7. The zero-order valence-corrected chi connectivity index (χ0v) is 14.8. The molecule has 2 aliphatic rings. The monoisotopic (exact) mass is 366 g/mol.